The first-order valence-electron chi connectivity index (χ1n) is 7.15. The van der Waals surface area contributed by atoms with Crippen LogP contribution in [0.2, 0.25) is 0 Å². The summed E-state index contributed by atoms with van der Waals surface area (Å²) in [5.74, 6) is 0.703. The van der Waals surface area contributed by atoms with Crippen LogP contribution in [0.5, 0.6) is 0 Å². The molecule has 6 nitrogen and oxygen atoms in total. The second-order valence-corrected chi connectivity index (χ2v) is 7.66. The molecular weight excluding hydrogens is 276 g/mol. The van der Waals surface area contributed by atoms with Crippen molar-refractivity contribution in [1.29, 1.82) is 0 Å². The number of sulfonamides is 1. The molecule has 114 valence electrons. The monoisotopic (exact) mass is 300 g/mol. The molecule has 0 saturated heterocycles. The normalized spacial score (nSPS) is 24.2. The summed E-state index contributed by atoms with van der Waals surface area (Å²) in [7, 11) is -1.77. The molecule has 7 heteroatoms. The van der Waals surface area contributed by atoms with Crippen LogP contribution >= 0.6 is 0 Å². The number of nitrogens with two attached hydrogens (primary N) is 1. The van der Waals surface area contributed by atoms with E-state index < -0.39 is 10.0 Å². The van der Waals surface area contributed by atoms with Gasteiger partial charge in [0.2, 0.25) is 10.0 Å². The van der Waals surface area contributed by atoms with Gasteiger partial charge in [-0.2, -0.15) is 9.40 Å². The maximum Gasteiger partial charge on any atom is 0.246 e. The Balaban J connectivity index is 2.12. The van der Waals surface area contributed by atoms with Gasteiger partial charge in [0.05, 0.1) is 12.7 Å². The molecule has 0 spiro atoms. The van der Waals surface area contributed by atoms with Crippen molar-refractivity contribution in [1.82, 2.24) is 14.1 Å². The van der Waals surface area contributed by atoms with Crippen LogP contribution in [0.4, 0.5) is 0 Å². The number of hydrogen-bond acceptors (Lipinski definition) is 4. The van der Waals surface area contributed by atoms with Gasteiger partial charge in [-0.05, 0) is 31.6 Å². The van der Waals surface area contributed by atoms with Crippen molar-refractivity contribution in [2.45, 2.75) is 50.1 Å². The smallest absolute Gasteiger partial charge is 0.246 e. The fourth-order valence-corrected chi connectivity index (χ4v) is 4.07. The Morgan fingerprint density at radius 3 is 2.65 bits per heavy atom. The first kappa shape index (κ1) is 15.5. The molecule has 2 N–H and O–H groups in total. The van der Waals surface area contributed by atoms with E-state index in [2.05, 4.69) is 12.0 Å². The van der Waals surface area contributed by atoms with Gasteiger partial charge in [-0.1, -0.05) is 6.92 Å². The summed E-state index contributed by atoms with van der Waals surface area (Å²) >= 11 is 0. The molecule has 2 rings (SSSR count). The summed E-state index contributed by atoms with van der Waals surface area (Å²) in [5.41, 5.74) is 5.45. The molecule has 0 atom stereocenters. The van der Waals surface area contributed by atoms with Crippen molar-refractivity contribution in [3.63, 3.8) is 0 Å². The van der Waals surface area contributed by atoms with Gasteiger partial charge in [0.15, 0.2) is 0 Å². The minimum atomic E-state index is -3.44. The number of nitrogens with zero attached hydrogens (tertiary/aromatic N) is 3. The highest BCUT2D eigenvalue weighted by Crippen LogP contribution is 2.29. The Hall–Kier alpha value is -0.920. The van der Waals surface area contributed by atoms with Gasteiger partial charge in [-0.3, -0.25) is 4.68 Å². The third kappa shape index (κ3) is 3.21. The summed E-state index contributed by atoms with van der Waals surface area (Å²) in [6.45, 7) is 3.19. The molecule has 0 aliphatic heterocycles. The zero-order valence-electron chi connectivity index (χ0n) is 12.2. The van der Waals surface area contributed by atoms with E-state index in [0.29, 0.717) is 19.0 Å². The van der Waals surface area contributed by atoms with Crippen molar-refractivity contribution >= 4 is 10.0 Å². The first-order chi connectivity index (χ1) is 9.45. The van der Waals surface area contributed by atoms with Gasteiger partial charge in [0.25, 0.3) is 0 Å². The number of aromatic nitrogens is 2. The van der Waals surface area contributed by atoms with Crippen LogP contribution in [0.15, 0.2) is 17.3 Å². The fourth-order valence-electron chi connectivity index (χ4n) is 2.70. The summed E-state index contributed by atoms with van der Waals surface area (Å²) in [6.07, 6.45) is 7.03. The highest BCUT2D eigenvalue weighted by molar-refractivity contribution is 7.89. The van der Waals surface area contributed by atoms with E-state index in [4.69, 9.17) is 5.73 Å². The van der Waals surface area contributed by atoms with E-state index in [0.717, 1.165) is 25.7 Å². The van der Waals surface area contributed by atoms with Gasteiger partial charge in [-0.25, -0.2) is 8.42 Å². The van der Waals surface area contributed by atoms with E-state index in [9.17, 15) is 8.42 Å². The maximum absolute atomic E-state index is 12.6. The van der Waals surface area contributed by atoms with Crippen molar-refractivity contribution in [3.8, 4) is 0 Å². The second-order valence-electron chi connectivity index (χ2n) is 5.66. The standard InChI is InChI=1S/C13H24N4O2S/c1-11-3-5-12(6-4-11)16(2)20(18,19)13-9-15-17(10-13)8-7-14/h9-12H,3-8,14H2,1-2H3. The molecule has 0 aromatic carbocycles. The maximum atomic E-state index is 12.6. The van der Waals surface area contributed by atoms with Crippen molar-refractivity contribution in [2.24, 2.45) is 11.7 Å². The SMILES string of the molecule is CC1CCC(N(C)S(=O)(=O)c2cnn(CCN)c2)CC1. The van der Waals surface area contributed by atoms with Crippen LogP contribution in [0.25, 0.3) is 0 Å². The van der Waals surface area contributed by atoms with Gasteiger partial charge >= 0.3 is 0 Å². The zero-order valence-corrected chi connectivity index (χ0v) is 13.0. The van der Waals surface area contributed by atoms with Gasteiger partial charge < -0.3 is 5.73 Å². The quantitative estimate of drug-likeness (QED) is 0.881. The van der Waals surface area contributed by atoms with E-state index in [-0.39, 0.29) is 10.9 Å². The average Bonchev–Trinajstić information content (AvgIpc) is 2.88. The highest BCUT2D eigenvalue weighted by atomic mass is 32.2. The number of hydrogen-bond donors (Lipinski definition) is 1. The van der Waals surface area contributed by atoms with Crippen molar-refractivity contribution in [2.75, 3.05) is 13.6 Å². The van der Waals surface area contributed by atoms with Crippen LogP contribution in [-0.4, -0.2) is 42.1 Å². The van der Waals surface area contributed by atoms with E-state index >= 15 is 0 Å². The Morgan fingerprint density at radius 2 is 2.05 bits per heavy atom. The lowest BCUT2D eigenvalue weighted by Gasteiger charge is -2.32. The van der Waals surface area contributed by atoms with Crippen LogP contribution in [0.1, 0.15) is 32.6 Å². The Morgan fingerprint density at radius 1 is 1.40 bits per heavy atom. The minimum Gasteiger partial charge on any atom is -0.329 e. The summed E-state index contributed by atoms with van der Waals surface area (Å²) < 4.78 is 28.2. The Kier molecular flexibility index (Phi) is 4.82. The summed E-state index contributed by atoms with van der Waals surface area (Å²) in [4.78, 5) is 0.257. The van der Waals surface area contributed by atoms with Gasteiger partial charge in [-0.15, -0.1) is 0 Å². The summed E-state index contributed by atoms with van der Waals surface area (Å²) in [5, 5.41) is 4.04. The lowest BCUT2D eigenvalue weighted by atomic mass is 9.87. The lowest BCUT2D eigenvalue weighted by Crippen LogP contribution is -2.39. The largest absolute Gasteiger partial charge is 0.329 e. The van der Waals surface area contributed by atoms with Gasteiger partial charge in [0, 0.05) is 25.8 Å². The average molecular weight is 300 g/mol. The van der Waals surface area contributed by atoms with Crippen LogP contribution in [-0.2, 0) is 16.6 Å². The minimum absolute atomic E-state index is 0.106. The van der Waals surface area contributed by atoms with Crippen molar-refractivity contribution < 1.29 is 8.42 Å². The van der Waals surface area contributed by atoms with Crippen LogP contribution in [0, 0.1) is 5.92 Å². The molecule has 0 unspecified atom stereocenters. The molecule has 1 aromatic rings. The third-order valence-corrected chi connectivity index (χ3v) is 6.01. The third-order valence-electron chi connectivity index (χ3n) is 4.14. The molecule has 1 heterocycles. The van der Waals surface area contributed by atoms with Crippen LogP contribution < -0.4 is 5.73 Å². The van der Waals surface area contributed by atoms with Crippen LogP contribution in [0.3, 0.4) is 0 Å². The van der Waals surface area contributed by atoms with E-state index in [1.54, 1.807) is 17.9 Å². The molecule has 20 heavy (non-hydrogen) atoms. The predicted molar refractivity (Wildman–Crippen MR) is 77.7 cm³/mol. The first-order valence-corrected chi connectivity index (χ1v) is 8.59. The second kappa shape index (κ2) is 6.24. The molecule has 1 fully saturated rings. The van der Waals surface area contributed by atoms with E-state index in [1.165, 1.54) is 10.5 Å². The number of rotatable bonds is 5. The highest BCUT2D eigenvalue weighted by Gasteiger charge is 2.31. The fraction of sp³-hybridized carbons (Fsp3) is 0.769. The predicted octanol–water partition coefficient (Wildman–Crippen LogP) is 1.04. The molecule has 1 saturated carbocycles. The molecule has 1 aliphatic carbocycles. The molecular formula is C13H24N4O2S. The Labute approximate surface area is 121 Å². The summed E-state index contributed by atoms with van der Waals surface area (Å²) in [6, 6.07) is 0.106. The molecule has 1 aliphatic rings. The molecule has 1 aromatic heterocycles. The lowest BCUT2D eigenvalue weighted by molar-refractivity contribution is 0.246. The molecule has 0 amide bonds. The Bertz CT molecular complexity index is 532. The molecule has 0 radical (unpaired) electrons. The van der Waals surface area contributed by atoms with E-state index in [1.807, 2.05) is 0 Å². The zero-order chi connectivity index (χ0) is 14.8. The topological polar surface area (TPSA) is 81.2 Å². The van der Waals surface area contributed by atoms with Crippen molar-refractivity contribution in [3.05, 3.63) is 12.4 Å². The molecule has 0 bridgehead atoms. The van der Waals surface area contributed by atoms with Gasteiger partial charge in [0.1, 0.15) is 4.90 Å².